The maximum Gasteiger partial charge on any atom is 0.350 e. The first-order valence-corrected chi connectivity index (χ1v) is 10.6. The lowest BCUT2D eigenvalue weighted by atomic mass is 10.2. The molecule has 0 aliphatic heterocycles. The van der Waals surface area contributed by atoms with Gasteiger partial charge in [-0.1, -0.05) is 31.1 Å². The van der Waals surface area contributed by atoms with Crippen LogP contribution in [0.15, 0.2) is 6.07 Å². The summed E-state index contributed by atoms with van der Waals surface area (Å²) in [5, 5.41) is 4.99. The summed E-state index contributed by atoms with van der Waals surface area (Å²) in [6.07, 6.45) is 3.34. The maximum atomic E-state index is 13.0. The van der Waals surface area contributed by atoms with E-state index in [1.54, 1.807) is 18.7 Å². The van der Waals surface area contributed by atoms with Crippen LogP contribution in [-0.4, -0.2) is 39.8 Å². The topological polar surface area (TPSA) is 77.3 Å². The Bertz CT molecular complexity index is 812. The Hall–Kier alpha value is -2.22. The number of ether oxygens (including phenoxy) is 1. The zero-order valence-corrected chi connectivity index (χ0v) is 18.3. The number of anilines is 1. The monoisotopic (exact) mass is 406 g/mol. The smallest absolute Gasteiger partial charge is 0.350 e. The number of carbonyl (C=O) groups excluding carboxylic acids is 2. The number of aryl methyl sites for hydroxylation is 4. The molecule has 2 aromatic rings. The van der Waals surface area contributed by atoms with Crippen molar-refractivity contribution >= 4 is 28.3 Å². The Balaban J connectivity index is 2.16. The van der Waals surface area contributed by atoms with Crippen molar-refractivity contribution in [2.45, 2.75) is 66.8 Å². The third kappa shape index (κ3) is 5.64. The average molecular weight is 407 g/mol. The number of carbonyl (C=O) groups is 2. The van der Waals surface area contributed by atoms with E-state index in [4.69, 9.17) is 4.74 Å². The molecule has 2 heterocycles. The Labute approximate surface area is 170 Å². The minimum Gasteiger partial charge on any atom is -0.462 e. The molecule has 28 heavy (non-hydrogen) atoms. The SMILES string of the molecule is CCCCCN(C(=O)CCn1nc(C)cc1C)c1nc(C)c(C(=O)OCC)s1. The van der Waals surface area contributed by atoms with Crippen LogP contribution in [0.5, 0.6) is 0 Å². The minimum absolute atomic E-state index is 0.00665. The van der Waals surface area contributed by atoms with Gasteiger partial charge >= 0.3 is 5.97 Å². The molecule has 0 spiro atoms. The fraction of sp³-hybridized carbons (Fsp3) is 0.600. The van der Waals surface area contributed by atoms with Crippen LogP contribution in [-0.2, 0) is 16.1 Å². The molecule has 0 bridgehead atoms. The first-order chi connectivity index (χ1) is 13.4. The molecule has 0 radical (unpaired) electrons. The normalized spacial score (nSPS) is 10.9. The Morgan fingerprint density at radius 2 is 1.96 bits per heavy atom. The lowest BCUT2D eigenvalue weighted by Crippen LogP contribution is -2.32. The van der Waals surface area contributed by atoms with Crippen molar-refractivity contribution in [3.05, 3.63) is 28.0 Å². The standard InChI is InChI=1S/C20H30N4O3S/c1-6-8-9-11-23(17(25)10-12-24-15(4)13-14(3)22-24)20-21-16(5)18(28-20)19(26)27-7-2/h13H,6-12H2,1-5H3. The molecule has 0 saturated heterocycles. The van der Waals surface area contributed by atoms with Gasteiger partial charge < -0.3 is 4.74 Å². The van der Waals surface area contributed by atoms with Gasteiger partial charge in [-0.05, 0) is 40.2 Å². The number of esters is 1. The zero-order valence-electron chi connectivity index (χ0n) is 17.4. The molecule has 0 saturated carbocycles. The fourth-order valence-electron chi connectivity index (χ4n) is 2.97. The largest absolute Gasteiger partial charge is 0.462 e. The summed E-state index contributed by atoms with van der Waals surface area (Å²) in [5.41, 5.74) is 2.59. The molecular formula is C20H30N4O3S. The van der Waals surface area contributed by atoms with Crippen LogP contribution in [0.25, 0.3) is 0 Å². The zero-order chi connectivity index (χ0) is 20.7. The second-order valence-corrected chi connectivity index (χ2v) is 7.76. The van der Waals surface area contributed by atoms with Gasteiger partial charge in [0, 0.05) is 25.2 Å². The Morgan fingerprint density at radius 3 is 2.57 bits per heavy atom. The van der Waals surface area contributed by atoms with Crippen molar-refractivity contribution in [3.63, 3.8) is 0 Å². The van der Waals surface area contributed by atoms with E-state index in [1.807, 2.05) is 24.6 Å². The highest BCUT2D eigenvalue weighted by Crippen LogP contribution is 2.28. The van der Waals surface area contributed by atoms with Crippen LogP contribution in [0.3, 0.4) is 0 Å². The van der Waals surface area contributed by atoms with E-state index in [-0.39, 0.29) is 11.9 Å². The van der Waals surface area contributed by atoms with Gasteiger partial charge in [0.2, 0.25) is 5.91 Å². The van der Waals surface area contributed by atoms with E-state index in [0.29, 0.717) is 41.8 Å². The van der Waals surface area contributed by atoms with Gasteiger partial charge in [0.05, 0.1) is 18.0 Å². The molecule has 0 unspecified atom stereocenters. The van der Waals surface area contributed by atoms with Crippen molar-refractivity contribution in [2.75, 3.05) is 18.1 Å². The molecule has 0 atom stereocenters. The molecule has 0 aliphatic rings. The highest BCUT2D eigenvalue weighted by molar-refractivity contribution is 7.17. The predicted molar refractivity (Wildman–Crippen MR) is 111 cm³/mol. The molecule has 8 heteroatoms. The number of thiazole rings is 1. The van der Waals surface area contributed by atoms with Crippen LogP contribution >= 0.6 is 11.3 Å². The summed E-state index contributed by atoms with van der Waals surface area (Å²) in [4.78, 5) is 31.8. The van der Waals surface area contributed by atoms with E-state index in [1.165, 1.54) is 11.3 Å². The van der Waals surface area contributed by atoms with Gasteiger partial charge in [-0.3, -0.25) is 14.4 Å². The number of rotatable bonds is 10. The highest BCUT2D eigenvalue weighted by atomic mass is 32.1. The number of nitrogens with zero attached hydrogens (tertiary/aromatic N) is 4. The summed E-state index contributed by atoms with van der Waals surface area (Å²) >= 11 is 1.23. The molecule has 0 fully saturated rings. The third-order valence-corrected chi connectivity index (χ3v) is 5.56. The van der Waals surface area contributed by atoms with Gasteiger partial charge in [0.25, 0.3) is 0 Å². The Morgan fingerprint density at radius 1 is 1.21 bits per heavy atom. The van der Waals surface area contributed by atoms with Crippen LogP contribution in [0.4, 0.5) is 5.13 Å². The summed E-state index contributed by atoms with van der Waals surface area (Å²) in [5.74, 6) is -0.389. The maximum absolute atomic E-state index is 13.0. The summed E-state index contributed by atoms with van der Waals surface area (Å²) in [6.45, 7) is 11.0. The van der Waals surface area contributed by atoms with Gasteiger partial charge in [0.15, 0.2) is 5.13 Å². The van der Waals surface area contributed by atoms with Crippen LogP contribution in [0, 0.1) is 20.8 Å². The molecule has 154 valence electrons. The second kappa shape index (κ2) is 10.4. The molecule has 2 aromatic heterocycles. The fourth-order valence-corrected chi connectivity index (χ4v) is 3.97. The van der Waals surface area contributed by atoms with Gasteiger partial charge in [-0.2, -0.15) is 5.10 Å². The number of unbranched alkanes of at least 4 members (excludes halogenated alkanes) is 2. The molecule has 1 amide bonds. The summed E-state index contributed by atoms with van der Waals surface area (Å²) < 4.78 is 6.95. The third-order valence-electron chi connectivity index (χ3n) is 4.40. The minimum atomic E-state index is -0.382. The average Bonchev–Trinajstić information content (AvgIpc) is 3.18. The van der Waals surface area contributed by atoms with E-state index in [2.05, 4.69) is 17.0 Å². The number of amides is 1. The lowest BCUT2D eigenvalue weighted by Gasteiger charge is -2.20. The van der Waals surface area contributed by atoms with Crippen molar-refractivity contribution in [2.24, 2.45) is 0 Å². The van der Waals surface area contributed by atoms with Crippen molar-refractivity contribution in [1.82, 2.24) is 14.8 Å². The molecule has 2 rings (SSSR count). The number of aromatic nitrogens is 3. The first kappa shape index (κ1) is 22.1. The second-order valence-electron chi connectivity index (χ2n) is 6.78. The van der Waals surface area contributed by atoms with Crippen molar-refractivity contribution in [1.29, 1.82) is 0 Å². The van der Waals surface area contributed by atoms with Crippen LogP contribution in [0.1, 0.15) is 66.3 Å². The lowest BCUT2D eigenvalue weighted by molar-refractivity contribution is -0.118. The van der Waals surface area contributed by atoms with E-state index >= 15 is 0 Å². The predicted octanol–water partition coefficient (Wildman–Crippen LogP) is 4.06. The highest BCUT2D eigenvalue weighted by Gasteiger charge is 2.23. The van der Waals surface area contributed by atoms with E-state index in [0.717, 1.165) is 30.7 Å². The van der Waals surface area contributed by atoms with Gasteiger partial charge in [-0.15, -0.1) is 0 Å². The molecular weight excluding hydrogens is 376 g/mol. The molecule has 7 nitrogen and oxygen atoms in total. The summed E-state index contributed by atoms with van der Waals surface area (Å²) in [6, 6.07) is 2.00. The van der Waals surface area contributed by atoms with Crippen LogP contribution in [0.2, 0.25) is 0 Å². The van der Waals surface area contributed by atoms with Crippen LogP contribution < -0.4 is 4.90 Å². The van der Waals surface area contributed by atoms with Gasteiger partial charge in [-0.25, -0.2) is 9.78 Å². The Kier molecular flexibility index (Phi) is 8.17. The number of hydrogen-bond donors (Lipinski definition) is 0. The van der Waals surface area contributed by atoms with Gasteiger partial charge in [0.1, 0.15) is 4.88 Å². The molecule has 0 aliphatic carbocycles. The van der Waals surface area contributed by atoms with Crippen molar-refractivity contribution in [3.8, 4) is 0 Å². The van der Waals surface area contributed by atoms with E-state index < -0.39 is 0 Å². The van der Waals surface area contributed by atoms with Crippen molar-refractivity contribution < 1.29 is 14.3 Å². The van der Waals surface area contributed by atoms with E-state index in [9.17, 15) is 9.59 Å². The number of hydrogen-bond acceptors (Lipinski definition) is 6. The first-order valence-electron chi connectivity index (χ1n) is 9.83. The summed E-state index contributed by atoms with van der Waals surface area (Å²) in [7, 11) is 0. The molecule has 0 N–H and O–H groups in total. The molecule has 0 aromatic carbocycles. The quantitative estimate of drug-likeness (QED) is 0.439.